The normalized spacial score (nSPS) is 19.1. The van der Waals surface area contributed by atoms with E-state index in [9.17, 15) is 0 Å². The molecule has 0 saturated heterocycles. The maximum Gasteiger partial charge on any atom is 0.0833 e. The smallest absolute Gasteiger partial charge is 0.0833 e. The Labute approximate surface area is 104 Å². The fourth-order valence-electron chi connectivity index (χ4n) is 2.41. The van der Waals surface area contributed by atoms with Crippen molar-refractivity contribution in [3.05, 3.63) is 11.9 Å². The van der Waals surface area contributed by atoms with Crippen molar-refractivity contribution in [1.82, 2.24) is 20.3 Å². The summed E-state index contributed by atoms with van der Waals surface area (Å²) < 4.78 is 1.79. The van der Waals surface area contributed by atoms with Gasteiger partial charge in [-0.15, -0.1) is 5.10 Å². The van der Waals surface area contributed by atoms with E-state index < -0.39 is 0 Å². The van der Waals surface area contributed by atoms with Crippen molar-refractivity contribution in [2.45, 2.75) is 52.0 Å². The molecule has 0 aliphatic heterocycles. The molecule has 1 aromatic rings. The van der Waals surface area contributed by atoms with E-state index in [1.54, 1.807) is 4.68 Å². The molecule has 17 heavy (non-hydrogen) atoms. The Hall–Kier alpha value is -0.900. The predicted octanol–water partition coefficient (Wildman–Crippen LogP) is 1.92. The molecular formula is C13H24N4. The van der Waals surface area contributed by atoms with Crippen molar-refractivity contribution in [2.75, 3.05) is 6.54 Å². The summed E-state index contributed by atoms with van der Waals surface area (Å²) in [4.78, 5) is 0. The first kappa shape index (κ1) is 12.6. The number of hydrogen-bond acceptors (Lipinski definition) is 3. The second-order valence-corrected chi connectivity index (χ2v) is 6.52. The average molecular weight is 236 g/mol. The van der Waals surface area contributed by atoms with Gasteiger partial charge in [0.15, 0.2) is 0 Å². The first-order chi connectivity index (χ1) is 7.89. The lowest BCUT2D eigenvalue weighted by Gasteiger charge is -2.43. The van der Waals surface area contributed by atoms with E-state index >= 15 is 0 Å². The molecule has 1 fully saturated rings. The van der Waals surface area contributed by atoms with E-state index in [1.165, 1.54) is 19.3 Å². The highest BCUT2D eigenvalue weighted by atomic mass is 15.4. The van der Waals surface area contributed by atoms with Crippen molar-refractivity contribution in [3.8, 4) is 0 Å². The molecule has 1 aliphatic rings. The summed E-state index contributed by atoms with van der Waals surface area (Å²) in [5, 5.41) is 11.9. The zero-order chi connectivity index (χ0) is 12.5. The summed E-state index contributed by atoms with van der Waals surface area (Å²) in [6.45, 7) is 7.76. The van der Waals surface area contributed by atoms with Crippen LogP contribution in [0.3, 0.4) is 0 Å². The van der Waals surface area contributed by atoms with Gasteiger partial charge < -0.3 is 5.32 Å². The number of nitrogens with one attached hydrogen (secondary N) is 1. The molecule has 4 heteroatoms. The van der Waals surface area contributed by atoms with Crippen LogP contribution in [0.1, 0.15) is 45.7 Å². The molecular weight excluding hydrogens is 212 g/mol. The predicted molar refractivity (Wildman–Crippen MR) is 68.7 cm³/mol. The van der Waals surface area contributed by atoms with Gasteiger partial charge in [-0.25, -0.2) is 0 Å². The first-order valence-electron chi connectivity index (χ1n) is 6.49. The van der Waals surface area contributed by atoms with Crippen LogP contribution in [0, 0.1) is 5.41 Å². The first-order valence-corrected chi connectivity index (χ1v) is 6.49. The minimum Gasteiger partial charge on any atom is -0.312 e. The zero-order valence-electron chi connectivity index (χ0n) is 11.5. The van der Waals surface area contributed by atoms with Gasteiger partial charge in [-0.2, -0.15) is 0 Å². The van der Waals surface area contributed by atoms with E-state index in [-0.39, 0.29) is 5.54 Å². The molecule has 1 heterocycles. The standard InChI is InChI=1S/C13H24N4/c1-12(2,3)14-10-13(6-5-7-13)8-11-9-17(4)16-15-11/h9,14H,5-8,10H2,1-4H3. The summed E-state index contributed by atoms with van der Waals surface area (Å²) >= 11 is 0. The molecule has 1 aromatic heterocycles. The molecule has 0 bridgehead atoms. The zero-order valence-corrected chi connectivity index (χ0v) is 11.5. The summed E-state index contributed by atoms with van der Waals surface area (Å²) in [6, 6.07) is 0. The molecule has 0 atom stereocenters. The van der Waals surface area contributed by atoms with E-state index in [0.717, 1.165) is 18.7 Å². The van der Waals surface area contributed by atoms with E-state index in [0.29, 0.717) is 5.41 Å². The number of hydrogen-bond donors (Lipinski definition) is 1. The molecule has 0 spiro atoms. The minimum absolute atomic E-state index is 0.199. The van der Waals surface area contributed by atoms with Gasteiger partial charge >= 0.3 is 0 Å². The molecule has 2 rings (SSSR count). The van der Waals surface area contributed by atoms with Crippen LogP contribution in [0.25, 0.3) is 0 Å². The molecule has 1 N–H and O–H groups in total. The lowest BCUT2D eigenvalue weighted by Crippen LogP contribution is -2.48. The fraction of sp³-hybridized carbons (Fsp3) is 0.846. The Morgan fingerprint density at radius 2 is 2.12 bits per heavy atom. The van der Waals surface area contributed by atoms with Crippen LogP contribution >= 0.6 is 0 Å². The molecule has 0 amide bonds. The van der Waals surface area contributed by atoms with E-state index in [4.69, 9.17) is 0 Å². The molecule has 0 unspecified atom stereocenters. The van der Waals surface area contributed by atoms with Gasteiger partial charge in [0.1, 0.15) is 0 Å². The lowest BCUT2D eigenvalue weighted by atomic mass is 9.66. The lowest BCUT2D eigenvalue weighted by molar-refractivity contribution is 0.117. The summed E-state index contributed by atoms with van der Waals surface area (Å²) in [7, 11) is 1.93. The van der Waals surface area contributed by atoms with Crippen LogP contribution in [-0.4, -0.2) is 27.1 Å². The van der Waals surface area contributed by atoms with Crippen LogP contribution in [-0.2, 0) is 13.5 Å². The number of aryl methyl sites for hydroxylation is 1. The number of aromatic nitrogens is 3. The van der Waals surface area contributed by atoms with Crippen molar-refractivity contribution in [2.24, 2.45) is 12.5 Å². The van der Waals surface area contributed by atoms with Crippen molar-refractivity contribution >= 4 is 0 Å². The van der Waals surface area contributed by atoms with Gasteiger partial charge in [-0.1, -0.05) is 11.6 Å². The second kappa shape index (κ2) is 4.41. The van der Waals surface area contributed by atoms with Crippen molar-refractivity contribution < 1.29 is 0 Å². The topological polar surface area (TPSA) is 42.7 Å². The average Bonchev–Trinajstić information content (AvgIpc) is 2.54. The van der Waals surface area contributed by atoms with Gasteiger partial charge in [0.25, 0.3) is 0 Å². The highest BCUT2D eigenvalue weighted by Crippen LogP contribution is 2.43. The van der Waals surface area contributed by atoms with Gasteiger partial charge in [-0.3, -0.25) is 4.68 Å². The second-order valence-electron chi connectivity index (χ2n) is 6.52. The molecule has 96 valence electrons. The highest BCUT2D eigenvalue weighted by molar-refractivity contribution is 5.03. The Kier molecular flexibility index (Phi) is 3.25. The SMILES string of the molecule is Cn1cc(CC2(CNC(C)(C)C)CCC2)nn1. The molecule has 1 saturated carbocycles. The molecule has 1 aliphatic carbocycles. The quantitative estimate of drug-likeness (QED) is 0.868. The number of nitrogens with zero attached hydrogens (tertiary/aromatic N) is 3. The van der Waals surface area contributed by atoms with Crippen molar-refractivity contribution in [3.63, 3.8) is 0 Å². The highest BCUT2D eigenvalue weighted by Gasteiger charge is 2.38. The third-order valence-electron chi connectivity index (χ3n) is 3.61. The van der Waals surface area contributed by atoms with Crippen LogP contribution in [0.5, 0.6) is 0 Å². The Morgan fingerprint density at radius 1 is 1.41 bits per heavy atom. The third kappa shape index (κ3) is 3.28. The van der Waals surface area contributed by atoms with Crippen LogP contribution in [0.15, 0.2) is 6.20 Å². The van der Waals surface area contributed by atoms with Gasteiger partial charge in [0.05, 0.1) is 5.69 Å². The molecule has 0 aromatic carbocycles. The van der Waals surface area contributed by atoms with Gasteiger partial charge in [-0.05, 0) is 45.4 Å². The Bertz CT molecular complexity index is 371. The summed E-state index contributed by atoms with van der Waals surface area (Å²) in [6.07, 6.45) is 7.08. The van der Waals surface area contributed by atoms with E-state index in [1.807, 2.05) is 13.2 Å². The maximum absolute atomic E-state index is 4.21. The van der Waals surface area contributed by atoms with E-state index in [2.05, 4.69) is 36.4 Å². The summed E-state index contributed by atoms with van der Waals surface area (Å²) in [5.74, 6) is 0. The van der Waals surface area contributed by atoms with Crippen LogP contribution in [0.4, 0.5) is 0 Å². The molecule has 0 radical (unpaired) electrons. The minimum atomic E-state index is 0.199. The van der Waals surface area contributed by atoms with Crippen molar-refractivity contribution in [1.29, 1.82) is 0 Å². The van der Waals surface area contributed by atoms with Crippen LogP contribution in [0.2, 0.25) is 0 Å². The van der Waals surface area contributed by atoms with Gasteiger partial charge in [0.2, 0.25) is 0 Å². The largest absolute Gasteiger partial charge is 0.312 e. The maximum atomic E-state index is 4.21. The molecule has 4 nitrogen and oxygen atoms in total. The number of rotatable bonds is 4. The Balaban J connectivity index is 1.95. The van der Waals surface area contributed by atoms with Gasteiger partial charge in [0, 0.05) is 25.3 Å². The fourth-order valence-corrected chi connectivity index (χ4v) is 2.41. The summed E-state index contributed by atoms with van der Waals surface area (Å²) in [5.41, 5.74) is 1.75. The van der Waals surface area contributed by atoms with Crippen LogP contribution < -0.4 is 5.32 Å². The monoisotopic (exact) mass is 236 g/mol. The third-order valence-corrected chi connectivity index (χ3v) is 3.61. The Morgan fingerprint density at radius 3 is 2.53 bits per heavy atom.